The minimum atomic E-state index is -0.394. The van der Waals surface area contributed by atoms with E-state index in [0.29, 0.717) is 11.3 Å². The van der Waals surface area contributed by atoms with E-state index in [9.17, 15) is 9.59 Å². The van der Waals surface area contributed by atoms with Crippen molar-refractivity contribution in [3.63, 3.8) is 0 Å². The Kier molecular flexibility index (Phi) is 6.43. The fraction of sp³-hybridized carbons (Fsp3) is 0.0476. The van der Waals surface area contributed by atoms with E-state index in [1.54, 1.807) is 36.6 Å². The molecule has 0 fully saturated rings. The lowest BCUT2D eigenvalue weighted by atomic mass is 10.1. The smallest absolute Gasteiger partial charge is 0.268 e. The minimum Gasteiger partial charge on any atom is -0.467 e. The van der Waals surface area contributed by atoms with Gasteiger partial charge in [0.25, 0.3) is 11.8 Å². The van der Waals surface area contributed by atoms with Gasteiger partial charge in [0.05, 0.1) is 12.8 Å². The van der Waals surface area contributed by atoms with Gasteiger partial charge in [0.1, 0.15) is 11.5 Å². The molecule has 0 radical (unpaired) electrons. The summed E-state index contributed by atoms with van der Waals surface area (Å²) in [5.74, 6) is -0.109. The molecule has 0 aliphatic heterocycles. The standard InChI is InChI=1S/C21H17IN2O3/c22-17-10-8-16(9-11-17)20(25)24-19(13-15-5-2-1-3-6-15)21(26)23-14-18-7-4-12-27-18/h1-13H,14H2,(H,23,26)(H,24,25)/b19-13+. The first-order chi connectivity index (χ1) is 13.1. The lowest BCUT2D eigenvalue weighted by molar-refractivity contribution is -0.118. The number of benzene rings is 2. The van der Waals surface area contributed by atoms with Gasteiger partial charge in [0, 0.05) is 9.13 Å². The van der Waals surface area contributed by atoms with Crippen LogP contribution in [0.3, 0.4) is 0 Å². The van der Waals surface area contributed by atoms with Crippen molar-refractivity contribution >= 4 is 40.5 Å². The molecule has 0 saturated carbocycles. The number of nitrogens with one attached hydrogen (secondary N) is 2. The lowest BCUT2D eigenvalue weighted by Crippen LogP contribution is -2.34. The third-order valence-corrected chi connectivity index (χ3v) is 4.43. The Balaban J connectivity index is 1.78. The quantitative estimate of drug-likeness (QED) is 0.422. The maximum absolute atomic E-state index is 12.6. The number of hydrogen-bond acceptors (Lipinski definition) is 3. The van der Waals surface area contributed by atoms with Crippen molar-refractivity contribution in [2.75, 3.05) is 0 Å². The monoisotopic (exact) mass is 472 g/mol. The highest BCUT2D eigenvalue weighted by Crippen LogP contribution is 2.10. The fourth-order valence-corrected chi connectivity index (χ4v) is 2.71. The minimum absolute atomic E-state index is 0.163. The van der Waals surface area contributed by atoms with Crippen LogP contribution in [-0.2, 0) is 11.3 Å². The van der Waals surface area contributed by atoms with Crippen LogP contribution in [0.4, 0.5) is 0 Å². The fourth-order valence-electron chi connectivity index (χ4n) is 2.35. The Hall–Kier alpha value is -2.87. The molecule has 2 N–H and O–H groups in total. The molecule has 2 aromatic carbocycles. The summed E-state index contributed by atoms with van der Waals surface area (Å²) in [6, 6.07) is 20.0. The molecule has 0 unspecified atom stereocenters. The molecular weight excluding hydrogens is 455 g/mol. The second kappa shape index (κ2) is 9.18. The number of halogens is 1. The Morgan fingerprint density at radius 1 is 0.963 bits per heavy atom. The van der Waals surface area contributed by atoms with Gasteiger partial charge in [-0.1, -0.05) is 30.3 Å². The molecule has 1 aromatic heterocycles. The van der Waals surface area contributed by atoms with Crippen LogP contribution < -0.4 is 10.6 Å². The number of carbonyl (C=O) groups is 2. The number of amides is 2. The molecule has 0 spiro atoms. The molecule has 136 valence electrons. The Bertz CT molecular complexity index is 933. The number of rotatable bonds is 6. The highest BCUT2D eigenvalue weighted by Gasteiger charge is 2.15. The molecule has 6 heteroatoms. The summed E-state index contributed by atoms with van der Waals surface area (Å²) in [7, 11) is 0. The summed E-state index contributed by atoms with van der Waals surface area (Å²) in [5.41, 5.74) is 1.45. The van der Waals surface area contributed by atoms with Crippen molar-refractivity contribution in [3.8, 4) is 0 Å². The SMILES string of the molecule is O=C(NCc1ccco1)/C(=C\c1ccccc1)NC(=O)c1ccc(I)cc1. The van der Waals surface area contributed by atoms with Crippen LogP contribution in [0.15, 0.2) is 83.1 Å². The second-order valence-corrected chi connectivity index (χ2v) is 6.94. The maximum atomic E-state index is 12.6. The molecule has 5 nitrogen and oxygen atoms in total. The zero-order valence-electron chi connectivity index (χ0n) is 14.3. The van der Waals surface area contributed by atoms with E-state index < -0.39 is 5.91 Å². The van der Waals surface area contributed by atoms with Crippen molar-refractivity contribution in [1.82, 2.24) is 10.6 Å². The van der Waals surface area contributed by atoms with Gasteiger partial charge in [0.15, 0.2) is 0 Å². The summed E-state index contributed by atoms with van der Waals surface area (Å²) < 4.78 is 6.25. The summed E-state index contributed by atoms with van der Waals surface area (Å²) >= 11 is 2.17. The largest absolute Gasteiger partial charge is 0.467 e. The van der Waals surface area contributed by atoms with E-state index in [0.717, 1.165) is 9.13 Å². The normalized spacial score (nSPS) is 11.1. The van der Waals surface area contributed by atoms with Crippen LogP contribution in [0.1, 0.15) is 21.7 Å². The summed E-state index contributed by atoms with van der Waals surface area (Å²) in [6.45, 7) is 0.233. The Labute approximate surface area is 170 Å². The van der Waals surface area contributed by atoms with Crippen molar-refractivity contribution in [2.45, 2.75) is 6.54 Å². The van der Waals surface area contributed by atoms with Gasteiger partial charge < -0.3 is 15.1 Å². The van der Waals surface area contributed by atoms with E-state index in [1.807, 2.05) is 42.5 Å². The van der Waals surface area contributed by atoms with Gasteiger partial charge in [-0.15, -0.1) is 0 Å². The molecule has 27 heavy (non-hydrogen) atoms. The molecule has 0 aliphatic carbocycles. The zero-order chi connectivity index (χ0) is 19.1. The lowest BCUT2D eigenvalue weighted by Gasteiger charge is -2.11. The average molecular weight is 472 g/mol. The highest BCUT2D eigenvalue weighted by atomic mass is 127. The molecule has 0 atom stereocenters. The van der Waals surface area contributed by atoms with Crippen LogP contribution in [0.25, 0.3) is 6.08 Å². The first-order valence-electron chi connectivity index (χ1n) is 8.26. The third-order valence-electron chi connectivity index (χ3n) is 3.71. The van der Waals surface area contributed by atoms with Crippen molar-refractivity contribution < 1.29 is 14.0 Å². The summed E-state index contributed by atoms with van der Waals surface area (Å²) in [4.78, 5) is 25.2. The van der Waals surface area contributed by atoms with Crippen LogP contribution in [0.2, 0.25) is 0 Å². The first kappa shape index (κ1) is 18.9. The van der Waals surface area contributed by atoms with Crippen LogP contribution in [0, 0.1) is 3.57 Å². The van der Waals surface area contributed by atoms with E-state index >= 15 is 0 Å². The second-order valence-electron chi connectivity index (χ2n) is 5.69. The van der Waals surface area contributed by atoms with E-state index in [4.69, 9.17) is 4.42 Å². The maximum Gasteiger partial charge on any atom is 0.268 e. The number of carbonyl (C=O) groups excluding carboxylic acids is 2. The number of hydrogen-bond donors (Lipinski definition) is 2. The van der Waals surface area contributed by atoms with Gasteiger partial charge in [0.2, 0.25) is 0 Å². The van der Waals surface area contributed by atoms with E-state index in [2.05, 4.69) is 33.2 Å². The zero-order valence-corrected chi connectivity index (χ0v) is 16.5. The summed E-state index contributed by atoms with van der Waals surface area (Å²) in [6.07, 6.45) is 3.18. The molecule has 2 amide bonds. The van der Waals surface area contributed by atoms with Crippen molar-refractivity contribution in [1.29, 1.82) is 0 Å². The van der Waals surface area contributed by atoms with Gasteiger partial charge in [-0.2, -0.15) is 0 Å². The van der Waals surface area contributed by atoms with Crippen molar-refractivity contribution in [2.24, 2.45) is 0 Å². The predicted octanol–water partition coefficient (Wildman–Crippen LogP) is 3.97. The highest BCUT2D eigenvalue weighted by molar-refractivity contribution is 14.1. The van der Waals surface area contributed by atoms with Crippen LogP contribution in [-0.4, -0.2) is 11.8 Å². The molecule has 1 heterocycles. The topological polar surface area (TPSA) is 71.3 Å². The third kappa shape index (κ3) is 5.55. The summed E-state index contributed by atoms with van der Waals surface area (Å²) in [5, 5.41) is 5.46. The first-order valence-corrected chi connectivity index (χ1v) is 9.34. The molecule has 3 aromatic rings. The molecular formula is C21H17IN2O3. The van der Waals surface area contributed by atoms with E-state index in [1.165, 1.54) is 0 Å². The van der Waals surface area contributed by atoms with Gasteiger partial charge >= 0.3 is 0 Å². The Morgan fingerprint density at radius 2 is 1.70 bits per heavy atom. The molecule has 0 aliphatic rings. The van der Waals surface area contributed by atoms with Gasteiger partial charge in [-0.25, -0.2) is 0 Å². The van der Waals surface area contributed by atoms with Crippen LogP contribution in [0.5, 0.6) is 0 Å². The molecule has 3 rings (SSSR count). The predicted molar refractivity (Wildman–Crippen MR) is 112 cm³/mol. The van der Waals surface area contributed by atoms with Gasteiger partial charge in [-0.3, -0.25) is 9.59 Å². The van der Waals surface area contributed by atoms with Gasteiger partial charge in [-0.05, 0) is 70.6 Å². The molecule has 0 saturated heterocycles. The van der Waals surface area contributed by atoms with Crippen molar-refractivity contribution in [3.05, 3.63) is 99.1 Å². The van der Waals surface area contributed by atoms with Crippen LogP contribution >= 0.6 is 22.6 Å². The Morgan fingerprint density at radius 3 is 2.37 bits per heavy atom. The van der Waals surface area contributed by atoms with E-state index in [-0.39, 0.29) is 18.1 Å². The number of furan rings is 1. The average Bonchev–Trinajstić information content (AvgIpc) is 3.20. The molecule has 0 bridgehead atoms.